The second-order valence-electron chi connectivity index (χ2n) is 4.21. The predicted molar refractivity (Wildman–Crippen MR) is 67.0 cm³/mol. The molecule has 0 atom stereocenters. The third-order valence-corrected chi connectivity index (χ3v) is 2.77. The fraction of sp³-hybridized carbons (Fsp3) is 0.0714. The molecule has 21 heavy (non-hydrogen) atoms. The van der Waals surface area contributed by atoms with Crippen molar-refractivity contribution in [1.29, 1.82) is 0 Å². The number of benzene rings is 2. The van der Waals surface area contributed by atoms with E-state index in [0.29, 0.717) is 12.1 Å². The summed E-state index contributed by atoms with van der Waals surface area (Å²) in [6, 6.07) is 4.06. The molecule has 0 saturated heterocycles. The van der Waals surface area contributed by atoms with E-state index in [-0.39, 0.29) is 17.8 Å². The summed E-state index contributed by atoms with van der Waals surface area (Å²) < 4.78 is 52.8. The van der Waals surface area contributed by atoms with Gasteiger partial charge in [-0.2, -0.15) is 0 Å². The standard InChI is InChI=1S/C14H9F4NO2/c15-8-2-1-7(10(16)3-8)6-19-13-4-9(14(20)21)11(17)5-12(13)18/h1-5,19H,6H2,(H,20,21). The van der Waals surface area contributed by atoms with Gasteiger partial charge in [-0.1, -0.05) is 6.07 Å². The van der Waals surface area contributed by atoms with E-state index in [1.165, 1.54) is 0 Å². The fourth-order valence-electron chi connectivity index (χ4n) is 1.70. The van der Waals surface area contributed by atoms with Gasteiger partial charge in [-0.25, -0.2) is 22.4 Å². The molecule has 0 heterocycles. The molecule has 2 N–H and O–H groups in total. The van der Waals surface area contributed by atoms with Gasteiger partial charge in [0.05, 0.1) is 11.3 Å². The van der Waals surface area contributed by atoms with Crippen LogP contribution in [0.5, 0.6) is 0 Å². The van der Waals surface area contributed by atoms with Crippen LogP contribution in [0.4, 0.5) is 23.2 Å². The van der Waals surface area contributed by atoms with Crippen molar-refractivity contribution in [2.24, 2.45) is 0 Å². The Hall–Kier alpha value is -2.57. The Bertz CT molecular complexity index is 704. The molecule has 7 heteroatoms. The lowest BCUT2D eigenvalue weighted by atomic mass is 10.1. The van der Waals surface area contributed by atoms with Crippen LogP contribution in [0.15, 0.2) is 30.3 Å². The van der Waals surface area contributed by atoms with Crippen molar-refractivity contribution in [2.45, 2.75) is 6.54 Å². The number of carboxylic acid groups (broad SMARTS) is 1. The normalized spacial score (nSPS) is 10.5. The second kappa shape index (κ2) is 5.82. The van der Waals surface area contributed by atoms with Gasteiger partial charge < -0.3 is 10.4 Å². The highest BCUT2D eigenvalue weighted by atomic mass is 19.1. The van der Waals surface area contributed by atoms with E-state index in [9.17, 15) is 22.4 Å². The van der Waals surface area contributed by atoms with Crippen LogP contribution >= 0.6 is 0 Å². The minimum atomic E-state index is -1.55. The van der Waals surface area contributed by atoms with Gasteiger partial charge in [0.15, 0.2) is 0 Å². The van der Waals surface area contributed by atoms with Crippen molar-refractivity contribution in [3.63, 3.8) is 0 Å². The van der Waals surface area contributed by atoms with Crippen molar-refractivity contribution in [3.8, 4) is 0 Å². The lowest BCUT2D eigenvalue weighted by Gasteiger charge is -2.10. The van der Waals surface area contributed by atoms with Gasteiger partial charge in [0.1, 0.15) is 23.3 Å². The van der Waals surface area contributed by atoms with Crippen LogP contribution in [-0.4, -0.2) is 11.1 Å². The SMILES string of the molecule is O=C(O)c1cc(NCc2ccc(F)cc2F)c(F)cc1F. The third-order valence-electron chi connectivity index (χ3n) is 2.77. The Morgan fingerprint density at radius 3 is 2.33 bits per heavy atom. The van der Waals surface area contributed by atoms with Gasteiger partial charge in [0.25, 0.3) is 0 Å². The maximum absolute atomic E-state index is 13.5. The summed E-state index contributed by atoms with van der Waals surface area (Å²) in [6.07, 6.45) is 0. The van der Waals surface area contributed by atoms with E-state index in [0.717, 1.165) is 18.2 Å². The van der Waals surface area contributed by atoms with Crippen molar-refractivity contribution in [1.82, 2.24) is 0 Å². The van der Waals surface area contributed by atoms with E-state index < -0.39 is 34.8 Å². The molecule has 0 spiro atoms. The van der Waals surface area contributed by atoms with Crippen LogP contribution in [-0.2, 0) is 6.54 Å². The molecule has 0 amide bonds. The summed E-state index contributed by atoms with van der Waals surface area (Å²) in [5.74, 6) is -5.36. The predicted octanol–water partition coefficient (Wildman–Crippen LogP) is 3.55. The highest BCUT2D eigenvalue weighted by Crippen LogP contribution is 2.21. The number of nitrogens with one attached hydrogen (secondary N) is 1. The highest BCUT2D eigenvalue weighted by molar-refractivity contribution is 5.89. The summed E-state index contributed by atoms with van der Waals surface area (Å²) in [4.78, 5) is 10.8. The summed E-state index contributed by atoms with van der Waals surface area (Å²) in [6.45, 7) is -0.215. The Morgan fingerprint density at radius 2 is 1.71 bits per heavy atom. The van der Waals surface area contributed by atoms with Crippen LogP contribution in [0.25, 0.3) is 0 Å². The second-order valence-corrected chi connectivity index (χ2v) is 4.21. The number of anilines is 1. The van der Waals surface area contributed by atoms with Crippen LogP contribution in [0.2, 0.25) is 0 Å². The molecule has 0 aliphatic heterocycles. The number of hydrogen-bond acceptors (Lipinski definition) is 2. The molecule has 3 nitrogen and oxygen atoms in total. The first kappa shape index (κ1) is 14.8. The molecule has 2 aromatic carbocycles. The van der Waals surface area contributed by atoms with E-state index in [1.807, 2.05) is 0 Å². The smallest absolute Gasteiger partial charge is 0.338 e. The van der Waals surface area contributed by atoms with E-state index in [4.69, 9.17) is 5.11 Å². The first-order valence-electron chi connectivity index (χ1n) is 5.78. The quantitative estimate of drug-likeness (QED) is 0.849. The summed E-state index contributed by atoms with van der Waals surface area (Å²) in [5, 5.41) is 11.2. The Balaban J connectivity index is 2.23. The molecule has 110 valence electrons. The fourth-order valence-corrected chi connectivity index (χ4v) is 1.70. The molecule has 2 aromatic rings. The Labute approximate surface area is 116 Å². The monoisotopic (exact) mass is 299 g/mol. The number of halogens is 4. The molecule has 0 bridgehead atoms. The molecule has 0 aliphatic rings. The van der Waals surface area contributed by atoms with Gasteiger partial charge in [0.2, 0.25) is 0 Å². The minimum absolute atomic E-state index is 0.0528. The molecule has 0 fully saturated rings. The lowest BCUT2D eigenvalue weighted by molar-refractivity contribution is 0.0692. The number of carbonyl (C=O) groups is 1. The van der Waals surface area contributed by atoms with Gasteiger partial charge in [0, 0.05) is 24.2 Å². The average Bonchev–Trinajstić information content (AvgIpc) is 2.39. The van der Waals surface area contributed by atoms with Gasteiger partial charge in [-0.3, -0.25) is 0 Å². The van der Waals surface area contributed by atoms with E-state index in [2.05, 4.69) is 5.32 Å². The molecule has 0 aliphatic carbocycles. The largest absolute Gasteiger partial charge is 0.478 e. The van der Waals surface area contributed by atoms with E-state index in [1.54, 1.807) is 0 Å². The van der Waals surface area contributed by atoms with Gasteiger partial charge in [-0.15, -0.1) is 0 Å². The van der Waals surface area contributed by atoms with Crippen LogP contribution < -0.4 is 5.32 Å². The molecule has 2 rings (SSSR count). The molecular formula is C14H9F4NO2. The van der Waals surface area contributed by atoms with E-state index >= 15 is 0 Å². The number of rotatable bonds is 4. The van der Waals surface area contributed by atoms with Crippen molar-refractivity contribution < 1.29 is 27.5 Å². The zero-order chi connectivity index (χ0) is 15.6. The van der Waals surface area contributed by atoms with Crippen molar-refractivity contribution in [3.05, 3.63) is 64.7 Å². The molecule has 0 aromatic heterocycles. The molecular weight excluding hydrogens is 290 g/mol. The average molecular weight is 299 g/mol. The van der Waals surface area contributed by atoms with Crippen molar-refractivity contribution >= 4 is 11.7 Å². The first-order chi connectivity index (χ1) is 9.88. The van der Waals surface area contributed by atoms with Crippen molar-refractivity contribution in [2.75, 3.05) is 5.32 Å². The Morgan fingerprint density at radius 1 is 1.00 bits per heavy atom. The third kappa shape index (κ3) is 3.31. The zero-order valence-corrected chi connectivity index (χ0v) is 10.5. The minimum Gasteiger partial charge on any atom is -0.478 e. The maximum atomic E-state index is 13.5. The zero-order valence-electron chi connectivity index (χ0n) is 10.5. The van der Waals surface area contributed by atoms with Gasteiger partial charge >= 0.3 is 5.97 Å². The topological polar surface area (TPSA) is 49.3 Å². The molecule has 0 radical (unpaired) electrons. The molecule has 0 saturated carbocycles. The number of carboxylic acids is 1. The van der Waals surface area contributed by atoms with Crippen LogP contribution in [0, 0.1) is 23.3 Å². The summed E-state index contributed by atoms with van der Waals surface area (Å²) in [5.41, 5.74) is -0.951. The Kier molecular flexibility index (Phi) is 4.11. The maximum Gasteiger partial charge on any atom is 0.338 e. The first-order valence-corrected chi connectivity index (χ1v) is 5.78. The van der Waals surface area contributed by atoms with Gasteiger partial charge in [-0.05, 0) is 12.1 Å². The highest BCUT2D eigenvalue weighted by Gasteiger charge is 2.15. The number of aromatic carboxylic acids is 1. The number of hydrogen-bond donors (Lipinski definition) is 2. The van der Waals surface area contributed by atoms with Crippen LogP contribution in [0.3, 0.4) is 0 Å². The lowest BCUT2D eigenvalue weighted by Crippen LogP contribution is -2.07. The summed E-state index contributed by atoms with van der Waals surface area (Å²) >= 11 is 0. The van der Waals surface area contributed by atoms with Crippen LogP contribution in [0.1, 0.15) is 15.9 Å². The molecule has 0 unspecified atom stereocenters. The summed E-state index contributed by atoms with van der Waals surface area (Å²) in [7, 11) is 0.